The molecule has 2 aromatic rings. The molecular weight excluding hydrogens is 270 g/mol. The second kappa shape index (κ2) is 5.12. The molecule has 3 N–H and O–H groups in total. The highest BCUT2D eigenvalue weighted by Crippen LogP contribution is 2.29. The number of nitrogen functional groups attached to an aromatic ring is 1. The average molecular weight is 280 g/mol. The van der Waals surface area contributed by atoms with Gasteiger partial charge in [-0.3, -0.25) is 0 Å². The van der Waals surface area contributed by atoms with Crippen LogP contribution in [0.4, 0.5) is 14.5 Å². The number of rotatable bonds is 3. The van der Waals surface area contributed by atoms with Crippen molar-refractivity contribution < 1.29 is 23.4 Å². The minimum Gasteiger partial charge on any atom is -0.497 e. The first-order chi connectivity index (χ1) is 9.43. The highest BCUT2D eigenvalue weighted by Gasteiger charge is 2.19. The van der Waals surface area contributed by atoms with Gasteiger partial charge in [0.15, 0.2) is 11.5 Å². The van der Waals surface area contributed by atoms with Crippen LogP contribution in [0, 0.1) is 11.6 Å². The van der Waals surface area contributed by atoms with Crippen LogP contribution in [-0.4, -0.2) is 23.2 Å². The maximum Gasteiger partial charge on any atom is 0.356 e. The molecule has 0 radical (unpaired) electrons. The Labute approximate surface area is 112 Å². The van der Waals surface area contributed by atoms with Crippen molar-refractivity contribution in [3.05, 3.63) is 41.6 Å². The van der Waals surface area contributed by atoms with Crippen LogP contribution in [0.2, 0.25) is 0 Å². The number of carboxylic acid groups (broad SMARTS) is 1. The molecule has 7 heteroatoms. The number of ether oxygens (including phenoxy) is 1. The molecule has 0 fully saturated rings. The Morgan fingerprint density at radius 1 is 1.30 bits per heavy atom. The van der Waals surface area contributed by atoms with Crippen molar-refractivity contribution >= 4 is 11.7 Å². The molecule has 0 saturated carbocycles. The van der Waals surface area contributed by atoms with Crippen LogP contribution in [0.25, 0.3) is 11.3 Å². The smallest absolute Gasteiger partial charge is 0.356 e. The van der Waals surface area contributed by atoms with Crippen LogP contribution in [0.15, 0.2) is 24.3 Å². The predicted molar refractivity (Wildman–Crippen MR) is 67.5 cm³/mol. The van der Waals surface area contributed by atoms with Gasteiger partial charge in [-0.2, -0.15) is 0 Å². The first-order valence-electron chi connectivity index (χ1n) is 5.47. The van der Waals surface area contributed by atoms with Gasteiger partial charge in [-0.1, -0.05) is 0 Å². The lowest BCUT2D eigenvalue weighted by Gasteiger charge is -2.09. The van der Waals surface area contributed by atoms with Gasteiger partial charge in [0.1, 0.15) is 17.3 Å². The van der Waals surface area contributed by atoms with E-state index >= 15 is 0 Å². The Morgan fingerprint density at radius 3 is 2.60 bits per heavy atom. The Hall–Kier alpha value is -2.70. The van der Waals surface area contributed by atoms with E-state index in [0.717, 1.165) is 12.1 Å². The molecule has 0 atom stereocenters. The van der Waals surface area contributed by atoms with Crippen LogP contribution in [-0.2, 0) is 0 Å². The van der Waals surface area contributed by atoms with Gasteiger partial charge in [0.2, 0.25) is 0 Å². The summed E-state index contributed by atoms with van der Waals surface area (Å²) in [6.45, 7) is 0. The van der Waals surface area contributed by atoms with Crippen molar-refractivity contribution in [2.45, 2.75) is 0 Å². The van der Waals surface area contributed by atoms with Crippen LogP contribution in [0.1, 0.15) is 10.5 Å². The first kappa shape index (κ1) is 13.7. The lowest BCUT2D eigenvalue weighted by Crippen LogP contribution is -2.08. The molecule has 0 unspecified atom stereocenters. The SMILES string of the molecule is COc1ccc(F)c(-c2nc(C(=O)O)c(N)cc2F)c1. The van der Waals surface area contributed by atoms with E-state index in [1.54, 1.807) is 0 Å². The summed E-state index contributed by atoms with van der Waals surface area (Å²) in [6, 6.07) is 4.45. The monoisotopic (exact) mass is 280 g/mol. The molecule has 20 heavy (non-hydrogen) atoms. The van der Waals surface area contributed by atoms with Crippen molar-refractivity contribution in [1.29, 1.82) is 0 Å². The van der Waals surface area contributed by atoms with Gasteiger partial charge in [-0.15, -0.1) is 0 Å². The first-order valence-corrected chi connectivity index (χ1v) is 5.47. The summed E-state index contributed by atoms with van der Waals surface area (Å²) in [6.07, 6.45) is 0. The molecule has 0 aliphatic carbocycles. The number of pyridine rings is 1. The normalized spacial score (nSPS) is 10.3. The predicted octanol–water partition coefficient (Wildman–Crippen LogP) is 2.32. The molecule has 1 aromatic carbocycles. The number of nitrogens with zero attached hydrogens (tertiary/aromatic N) is 1. The number of carboxylic acids is 1. The van der Waals surface area contributed by atoms with E-state index in [1.807, 2.05) is 0 Å². The third-order valence-electron chi connectivity index (χ3n) is 2.64. The molecule has 1 aromatic heterocycles. The number of halogens is 2. The summed E-state index contributed by atoms with van der Waals surface area (Å²) < 4.78 is 32.5. The molecule has 5 nitrogen and oxygen atoms in total. The van der Waals surface area contributed by atoms with Gasteiger partial charge in [0, 0.05) is 11.6 Å². The molecule has 0 aliphatic heterocycles. The summed E-state index contributed by atoms with van der Waals surface area (Å²) in [5.41, 5.74) is 3.85. The average Bonchev–Trinajstić information content (AvgIpc) is 2.39. The van der Waals surface area contributed by atoms with Gasteiger partial charge >= 0.3 is 5.97 Å². The van der Waals surface area contributed by atoms with Gasteiger partial charge in [0.25, 0.3) is 0 Å². The zero-order chi connectivity index (χ0) is 14.9. The van der Waals surface area contributed by atoms with E-state index in [9.17, 15) is 13.6 Å². The van der Waals surface area contributed by atoms with E-state index in [0.29, 0.717) is 0 Å². The maximum absolute atomic E-state index is 13.9. The fraction of sp³-hybridized carbons (Fsp3) is 0.0769. The van der Waals surface area contributed by atoms with Crippen LogP contribution in [0.3, 0.4) is 0 Å². The topological polar surface area (TPSA) is 85.4 Å². The molecule has 1 heterocycles. The van der Waals surface area contributed by atoms with Crippen molar-refractivity contribution in [2.24, 2.45) is 0 Å². The molecule has 0 bridgehead atoms. The summed E-state index contributed by atoms with van der Waals surface area (Å²) in [4.78, 5) is 14.5. The third-order valence-corrected chi connectivity index (χ3v) is 2.64. The Bertz CT molecular complexity index is 690. The van der Waals surface area contributed by atoms with Crippen molar-refractivity contribution in [2.75, 3.05) is 12.8 Å². The second-order valence-corrected chi connectivity index (χ2v) is 3.91. The Balaban J connectivity index is 2.69. The highest BCUT2D eigenvalue weighted by atomic mass is 19.1. The van der Waals surface area contributed by atoms with E-state index in [1.165, 1.54) is 19.2 Å². The minimum atomic E-state index is -1.42. The number of aromatic carboxylic acids is 1. The third kappa shape index (κ3) is 2.37. The zero-order valence-electron chi connectivity index (χ0n) is 10.4. The molecule has 0 spiro atoms. The van der Waals surface area contributed by atoms with E-state index < -0.39 is 29.0 Å². The molecular formula is C13H10F2N2O3. The molecule has 0 saturated heterocycles. The number of benzene rings is 1. The van der Waals surface area contributed by atoms with Gasteiger partial charge in [0.05, 0.1) is 12.8 Å². The van der Waals surface area contributed by atoms with Crippen LogP contribution < -0.4 is 10.5 Å². The zero-order valence-corrected chi connectivity index (χ0v) is 10.4. The molecule has 104 valence electrons. The lowest BCUT2D eigenvalue weighted by molar-refractivity contribution is 0.0692. The fourth-order valence-corrected chi connectivity index (χ4v) is 1.68. The number of anilines is 1. The van der Waals surface area contributed by atoms with Crippen LogP contribution >= 0.6 is 0 Å². The summed E-state index contributed by atoms with van der Waals surface area (Å²) in [5.74, 6) is -2.80. The number of hydrogen-bond acceptors (Lipinski definition) is 4. The van der Waals surface area contributed by atoms with Gasteiger partial charge < -0.3 is 15.6 Å². The number of aromatic nitrogens is 1. The Kier molecular flexibility index (Phi) is 3.51. The second-order valence-electron chi connectivity index (χ2n) is 3.91. The van der Waals surface area contributed by atoms with Gasteiger partial charge in [-0.25, -0.2) is 18.6 Å². The van der Waals surface area contributed by atoms with E-state index in [4.69, 9.17) is 15.6 Å². The molecule has 2 rings (SSSR count). The molecule has 0 aliphatic rings. The quantitative estimate of drug-likeness (QED) is 0.901. The van der Waals surface area contributed by atoms with E-state index in [2.05, 4.69) is 4.98 Å². The summed E-state index contributed by atoms with van der Waals surface area (Å²) in [7, 11) is 1.37. The van der Waals surface area contributed by atoms with Crippen molar-refractivity contribution in [3.63, 3.8) is 0 Å². The standard InChI is InChI=1S/C13H10F2N2O3/c1-20-6-2-3-8(14)7(4-6)11-9(15)5-10(16)12(17-11)13(18)19/h2-5H,16H2,1H3,(H,18,19). The molecule has 0 amide bonds. The largest absolute Gasteiger partial charge is 0.497 e. The van der Waals surface area contributed by atoms with Crippen LogP contribution in [0.5, 0.6) is 5.75 Å². The lowest BCUT2D eigenvalue weighted by atomic mass is 10.1. The highest BCUT2D eigenvalue weighted by molar-refractivity contribution is 5.92. The fourth-order valence-electron chi connectivity index (χ4n) is 1.68. The van der Waals surface area contributed by atoms with Crippen molar-refractivity contribution in [1.82, 2.24) is 4.98 Å². The summed E-state index contributed by atoms with van der Waals surface area (Å²) in [5, 5.41) is 8.91. The number of carbonyl (C=O) groups is 1. The number of nitrogens with two attached hydrogens (primary N) is 1. The maximum atomic E-state index is 13.9. The number of hydrogen-bond donors (Lipinski definition) is 2. The summed E-state index contributed by atoms with van der Waals surface area (Å²) >= 11 is 0. The minimum absolute atomic E-state index is 0.204. The number of methoxy groups -OCH3 is 1. The van der Waals surface area contributed by atoms with Crippen molar-refractivity contribution in [3.8, 4) is 17.0 Å². The Morgan fingerprint density at radius 2 is 2.00 bits per heavy atom. The van der Waals surface area contributed by atoms with E-state index in [-0.39, 0.29) is 17.0 Å². The van der Waals surface area contributed by atoms with Gasteiger partial charge in [-0.05, 0) is 18.2 Å².